The van der Waals surface area contributed by atoms with Gasteiger partial charge in [0.15, 0.2) is 0 Å². The van der Waals surface area contributed by atoms with Gasteiger partial charge in [-0.25, -0.2) is 0 Å². The summed E-state index contributed by atoms with van der Waals surface area (Å²) in [5.74, 6) is 0. The van der Waals surface area contributed by atoms with Gasteiger partial charge in [-0.15, -0.1) is 0 Å². The molecule has 1 aliphatic heterocycles. The molecule has 0 radical (unpaired) electrons. The van der Waals surface area contributed by atoms with Gasteiger partial charge in [0.1, 0.15) is 6.10 Å². The van der Waals surface area contributed by atoms with Crippen molar-refractivity contribution in [3.05, 3.63) is 0 Å². The molecule has 1 rings (SSSR count). The van der Waals surface area contributed by atoms with Crippen molar-refractivity contribution in [1.82, 2.24) is 0 Å². The standard InChI is InChI=1S/C9H20O4Si.C3H10O2Si/c1-10-14(3,11-2)6-4-5-12-7-9-8-13-9;1-4-6(3)5-2/h9H,4-8H2,1-3H3;6H,1-3H3. The van der Waals surface area contributed by atoms with Crippen LogP contribution in [-0.4, -0.2) is 72.2 Å². The molecule has 0 spiro atoms. The largest absolute Gasteiger partial charge is 0.400 e. The van der Waals surface area contributed by atoms with Crippen molar-refractivity contribution in [2.24, 2.45) is 0 Å². The Kier molecular flexibility index (Phi) is 11.9. The van der Waals surface area contributed by atoms with Gasteiger partial charge >= 0.3 is 17.8 Å². The lowest BCUT2D eigenvalue weighted by Crippen LogP contribution is -2.36. The number of rotatable bonds is 10. The molecule has 8 heteroatoms. The predicted molar refractivity (Wildman–Crippen MR) is 82.7 cm³/mol. The van der Waals surface area contributed by atoms with Gasteiger partial charge in [0.2, 0.25) is 0 Å². The van der Waals surface area contributed by atoms with E-state index >= 15 is 0 Å². The summed E-state index contributed by atoms with van der Waals surface area (Å²) in [5.41, 5.74) is 0. The number of ether oxygens (including phenoxy) is 2. The smallest absolute Gasteiger partial charge is 0.334 e. The van der Waals surface area contributed by atoms with Crippen molar-refractivity contribution in [2.45, 2.75) is 31.7 Å². The van der Waals surface area contributed by atoms with E-state index < -0.39 is 17.8 Å². The average Bonchev–Trinajstić information content (AvgIpc) is 3.30. The predicted octanol–water partition coefficient (Wildman–Crippen LogP) is 1.29. The van der Waals surface area contributed by atoms with Crippen LogP contribution in [0.1, 0.15) is 6.42 Å². The highest BCUT2D eigenvalue weighted by Gasteiger charge is 2.28. The second kappa shape index (κ2) is 11.8. The lowest BCUT2D eigenvalue weighted by molar-refractivity contribution is 0.114. The molecule has 0 aliphatic carbocycles. The Morgan fingerprint density at radius 2 is 1.70 bits per heavy atom. The molecule has 0 saturated carbocycles. The third-order valence-corrected chi connectivity index (χ3v) is 7.47. The summed E-state index contributed by atoms with van der Waals surface area (Å²) in [7, 11) is 3.74. The Morgan fingerprint density at radius 3 is 2.05 bits per heavy atom. The summed E-state index contributed by atoms with van der Waals surface area (Å²) >= 11 is 0. The molecule has 0 N–H and O–H groups in total. The molecule has 0 aromatic heterocycles. The fraction of sp³-hybridized carbons (Fsp3) is 1.00. The van der Waals surface area contributed by atoms with Crippen LogP contribution >= 0.6 is 0 Å². The summed E-state index contributed by atoms with van der Waals surface area (Å²) in [6, 6.07) is 0.978. The second-order valence-corrected chi connectivity index (χ2v) is 10.4. The van der Waals surface area contributed by atoms with Crippen molar-refractivity contribution in [3.63, 3.8) is 0 Å². The fourth-order valence-electron chi connectivity index (χ4n) is 1.26. The molecule has 122 valence electrons. The van der Waals surface area contributed by atoms with Gasteiger partial charge in [-0.3, -0.25) is 0 Å². The molecule has 0 amide bonds. The van der Waals surface area contributed by atoms with Gasteiger partial charge in [-0.2, -0.15) is 0 Å². The molecule has 1 saturated heterocycles. The number of hydrogen-bond donors (Lipinski definition) is 0. The van der Waals surface area contributed by atoms with Crippen LogP contribution < -0.4 is 0 Å². The van der Waals surface area contributed by atoms with Gasteiger partial charge in [-0.05, 0) is 25.6 Å². The first kappa shape index (κ1) is 20.2. The monoisotopic (exact) mass is 326 g/mol. The van der Waals surface area contributed by atoms with Crippen molar-refractivity contribution >= 4 is 17.8 Å². The highest BCUT2D eigenvalue weighted by Crippen LogP contribution is 2.14. The Bertz CT molecular complexity index is 220. The number of hydrogen-bond acceptors (Lipinski definition) is 6. The van der Waals surface area contributed by atoms with Gasteiger partial charge in [0.25, 0.3) is 0 Å². The molecule has 1 fully saturated rings. The van der Waals surface area contributed by atoms with Gasteiger partial charge in [-0.1, -0.05) is 0 Å². The van der Waals surface area contributed by atoms with Crippen LogP contribution in [0.2, 0.25) is 19.1 Å². The highest BCUT2D eigenvalue weighted by atomic mass is 28.4. The van der Waals surface area contributed by atoms with E-state index in [1.807, 2.05) is 6.55 Å². The molecule has 1 aliphatic rings. The Balaban J connectivity index is 0.000000511. The average molecular weight is 327 g/mol. The molecule has 0 bridgehead atoms. The Morgan fingerprint density at radius 1 is 1.15 bits per heavy atom. The summed E-state index contributed by atoms with van der Waals surface area (Å²) in [4.78, 5) is 0. The van der Waals surface area contributed by atoms with E-state index in [-0.39, 0.29) is 0 Å². The molecule has 6 nitrogen and oxygen atoms in total. The second-order valence-electron chi connectivity index (χ2n) is 4.71. The van der Waals surface area contributed by atoms with E-state index in [2.05, 4.69) is 6.55 Å². The molecule has 1 unspecified atom stereocenters. The Hall–Kier alpha value is 0.194. The van der Waals surface area contributed by atoms with E-state index in [4.69, 9.17) is 27.2 Å². The van der Waals surface area contributed by atoms with Crippen LogP contribution in [0.25, 0.3) is 0 Å². The minimum atomic E-state index is -1.87. The first-order valence-corrected chi connectivity index (χ1v) is 11.5. The highest BCUT2D eigenvalue weighted by molar-refractivity contribution is 6.65. The third-order valence-electron chi connectivity index (χ3n) is 3.15. The fourth-order valence-corrected chi connectivity index (χ4v) is 2.81. The topological polar surface area (TPSA) is 58.7 Å². The van der Waals surface area contributed by atoms with Crippen LogP contribution in [0.15, 0.2) is 0 Å². The molecular weight excluding hydrogens is 296 g/mol. The summed E-state index contributed by atoms with van der Waals surface area (Å²) in [5, 5.41) is 0. The minimum absolute atomic E-state index is 0.364. The van der Waals surface area contributed by atoms with E-state index in [1.165, 1.54) is 0 Å². The lowest BCUT2D eigenvalue weighted by atomic mass is 10.5. The van der Waals surface area contributed by atoms with Gasteiger partial charge in [0, 0.05) is 35.0 Å². The third kappa shape index (κ3) is 10.9. The maximum atomic E-state index is 5.43. The SMILES string of the molecule is CO[SiH](C)OC.CO[Si](C)(CCCOCC1CO1)OC. The summed E-state index contributed by atoms with van der Waals surface area (Å²) in [6.07, 6.45) is 1.36. The number of epoxide rings is 1. The quantitative estimate of drug-likeness (QED) is 0.342. The van der Waals surface area contributed by atoms with Crippen molar-refractivity contribution in [2.75, 3.05) is 48.3 Å². The molecule has 0 aromatic carbocycles. The van der Waals surface area contributed by atoms with Crippen molar-refractivity contribution in [3.8, 4) is 0 Å². The zero-order valence-corrected chi connectivity index (χ0v) is 15.8. The molecule has 20 heavy (non-hydrogen) atoms. The van der Waals surface area contributed by atoms with Crippen LogP contribution in [0.5, 0.6) is 0 Å². The summed E-state index contributed by atoms with van der Waals surface area (Å²) < 4.78 is 30.8. The van der Waals surface area contributed by atoms with E-state index in [9.17, 15) is 0 Å². The molecule has 0 aromatic rings. The maximum absolute atomic E-state index is 5.43. The van der Waals surface area contributed by atoms with Gasteiger partial charge < -0.3 is 27.2 Å². The zero-order valence-electron chi connectivity index (χ0n) is 13.6. The first-order valence-electron chi connectivity index (χ1n) is 6.86. The van der Waals surface area contributed by atoms with E-state index in [0.29, 0.717) is 6.10 Å². The lowest BCUT2D eigenvalue weighted by Gasteiger charge is -2.22. The van der Waals surface area contributed by atoms with E-state index in [0.717, 1.165) is 32.3 Å². The molecule has 1 atom stereocenters. The normalized spacial score (nSPS) is 17.9. The Labute approximate surface area is 125 Å². The minimum Gasteiger partial charge on any atom is -0.400 e. The van der Waals surface area contributed by atoms with Crippen molar-refractivity contribution < 1.29 is 27.2 Å². The maximum Gasteiger partial charge on any atom is 0.334 e. The zero-order chi connectivity index (χ0) is 15.4. The van der Waals surface area contributed by atoms with Crippen LogP contribution in [-0.2, 0) is 27.2 Å². The van der Waals surface area contributed by atoms with Crippen LogP contribution in [0, 0.1) is 0 Å². The van der Waals surface area contributed by atoms with Crippen LogP contribution in [0.3, 0.4) is 0 Å². The molecule has 1 heterocycles. The van der Waals surface area contributed by atoms with E-state index in [1.54, 1.807) is 28.4 Å². The van der Waals surface area contributed by atoms with Gasteiger partial charge in [0.05, 0.1) is 13.2 Å². The molecular formula is C12H30O6Si2. The van der Waals surface area contributed by atoms with Crippen LogP contribution in [0.4, 0.5) is 0 Å². The summed E-state index contributed by atoms with van der Waals surface area (Å²) in [6.45, 7) is 6.41. The van der Waals surface area contributed by atoms with Crippen molar-refractivity contribution in [1.29, 1.82) is 0 Å². The first-order chi connectivity index (χ1) is 9.51.